The molecule has 2 rings (SSSR count). The molecule has 0 amide bonds. The topological polar surface area (TPSA) is 38.1 Å². The predicted molar refractivity (Wildman–Crippen MR) is 88.0 cm³/mol. The summed E-state index contributed by atoms with van der Waals surface area (Å²) in [5, 5.41) is 4.87. The largest absolute Gasteiger partial charge is 0.308 e. The van der Waals surface area contributed by atoms with E-state index in [0.29, 0.717) is 17.3 Å². The van der Waals surface area contributed by atoms with Gasteiger partial charge in [0.05, 0.1) is 17.2 Å². The van der Waals surface area contributed by atoms with Gasteiger partial charge in [-0.15, -0.1) is 0 Å². The second-order valence-electron chi connectivity index (χ2n) is 5.06. The minimum Gasteiger partial charge on any atom is -0.308 e. The zero-order valence-electron chi connectivity index (χ0n) is 12.0. The molecule has 0 unspecified atom stereocenters. The van der Waals surface area contributed by atoms with Crippen LogP contribution in [0.25, 0.3) is 0 Å². The monoisotopic (exact) mass is 369 g/mol. The highest BCUT2D eigenvalue weighted by atomic mass is 79.9. The lowest BCUT2D eigenvalue weighted by atomic mass is 10.1. The van der Waals surface area contributed by atoms with Crippen molar-refractivity contribution in [2.75, 3.05) is 20.6 Å². The number of carbonyl (C=O) groups is 1. The normalized spacial score (nSPS) is 11.1. The SMILES string of the molecule is CN(C)CCn1ncc(Br)c1C(=O)Cc1ccccc1Cl. The van der Waals surface area contributed by atoms with Crippen LogP contribution in [0.15, 0.2) is 34.9 Å². The van der Waals surface area contributed by atoms with Crippen molar-refractivity contribution in [2.24, 2.45) is 0 Å². The first-order valence-electron chi connectivity index (χ1n) is 6.61. The first-order valence-corrected chi connectivity index (χ1v) is 7.78. The number of hydrogen-bond acceptors (Lipinski definition) is 3. The molecule has 0 aliphatic carbocycles. The molecule has 1 heterocycles. The maximum absolute atomic E-state index is 12.6. The van der Waals surface area contributed by atoms with Gasteiger partial charge >= 0.3 is 0 Å². The van der Waals surface area contributed by atoms with E-state index < -0.39 is 0 Å². The molecular formula is C15H17BrClN3O. The minimum atomic E-state index is 0.00577. The van der Waals surface area contributed by atoms with E-state index in [-0.39, 0.29) is 12.2 Å². The molecule has 0 fully saturated rings. The summed E-state index contributed by atoms with van der Waals surface area (Å²) in [5.74, 6) is 0.00577. The summed E-state index contributed by atoms with van der Waals surface area (Å²) in [6.45, 7) is 1.49. The van der Waals surface area contributed by atoms with Crippen LogP contribution in [-0.2, 0) is 13.0 Å². The molecule has 0 spiro atoms. The van der Waals surface area contributed by atoms with Crippen LogP contribution in [0, 0.1) is 0 Å². The first-order chi connectivity index (χ1) is 9.99. The molecule has 21 heavy (non-hydrogen) atoms. The Morgan fingerprint density at radius 2 is 2.10 bits per heavy atom. The Morgan fingerprint density at radius 1 is 1.38 bits per heavy atom. The Kier molecular flexibility index (Phi) is 5.56. The maximum atomic E-state index is 12.6. The fourth-order valence-corrected chi connectivity index (χ4v) is 2.72. The number of Topliss-reactive ketones (excluding diaryl/α,β-unsaturated/α-hetero) is 1. The molecular weight excluding hydrogens is 354 g/mol. The minimum absolute atomic E-state index is 0.00577. The molecule has 0 radical (unpaired) electrons. The Bertz CT molecular complexity index is 640. The second-order valence-corrected chi connectivity index (χ2v) is 6.32. The van der Waals surface area contributed by atoms with Crippen molar-refractivity contribution < 1.29 is 4.79 Å². The summed E-state index contributed by atoms with van der Waals surface area (Å²) in [6.07, 6.45) is 1.93. The van der Waals surface area contributed by atoms with Crippen LogP contribution < -0.4 is 0 Å². The van der Waals surface area contributed by atoms with Gasteiger partial charge in [-0.25, -0.2) is 0 Å². The van der Waals surface area contributed by atoms with E-state index in [4.69, 9.17) is 11.6 Å². The van der Waals surface area contributed by atoms with Gasteiger partial charge < -0.3 is 4.90 Å². The van der Waals surface area contributed by atoms with Crippen molar-refractivity contribution in [3.8, 4) is 0 Å². The molecule has 6 heteroatoms. The Hall–Kier alpha value is -1.17. The molecule has 0 aliphatic rings. The third-order valence-corrected chi connectivity index (χ3v) is 4.08. The molecule has 0 atom stereocenters. The number of halogens is 2. The average Bonchev–Trinajstić information content (AvgIpc) is 2.80. The van der Waals surface area contributed by atoms with E-state index in [9.17, 15) is 4.79 Å². The van der Waals surface area contributed by atoms with Crippen LogP contribution >= 0.6 is 27.5 Å². The van der Waals surface area contributed by atoms with Crippen molar-refractivity contribution in [2.45, 2.75) is 13.0 Å². The summed E-state index contributed by atoms with van der Waals surface area (Å²) in [5.41, 5.74) is 1.42. The molecule has 0 saturated carbocycles. The van der Waals surface area contributed by atoms with Gasteiger partial charge in [-0.2, -0.15) is 5.10 Å². The summed E-state index contributed by atoms with van der Waals surface area (Å²) < 4.78 is 2.46. The van der Waals surface area contributed by atoms with Gasteiger partial charge in [0, 0.05) is 18.0 Å². The molecule has 1 aromatic carbocycles. The van der Waals surface area contributed by atoms with Crippen LogP contribution in [0.3, 0.4) is 0 Å². The standard InChI is InChI=1S/C15H17BrClN3O/c1-19(2)7-8-20-15(12(16)10-18-20)14(21)9-11-5-3-4-6-13(11)17/h3-6,10H,7-9H2,1-2H3. The molecule has 0 aliphatic heterocycles. The Balaban J connectivity index is 2.19. The quantitative estimate of drug-likeness (QED) is 0.732. The van der Waals surface area contributed by atoms with E-state index in [0.717, 1.165) is 16.6 Å². The highest BCUT2D eigenvalue weighted by Crippen LogP contribution is 2.21. The van der Waals surface area contributed by atoms with E-state index in [1.165, 1.54) is 0 Å². The van der Waals surface area contributed by atoms with Gasteiger partial charge in [0.15, 0.2) is 5.78 Å². The van der Waals surface area contributed by atoms with E-state index in [1.807, 2.05) is 32.3 Å². The molecule has 0 N–H and O–H groups in total. The third-order valence-electron chi connectivity index (χ3n) is 3.13. The summed E-state index contributed by atoms with van der Waals surface area (Å²) >= 11 is 9.52. The molecule has 112 valence electrons. The van der Waals surface area contributed by atoms with Gasteiger partial charge in [0.2, 0.25) is 0 Å². The van der Waals surface area contributed by atoms with E-state index in [1.54, 1.807) is 16.9 Å². The maximum Gasteiger partial charge on any atom is 0.186 e. The second kappa shape index (κ2) is 7.20. The number of likely N-dealkylation sites (N-methyl/N-ethyl adjacent to an activating group) is 1. The van der Waals surface area contributed by atoms with Crippen LogP contribution in [0.1, 0.15) is 16.1 Å². The molecule has 2 aromatic rings. The summed E-state index contributed by atoms with van der Waals surface area (Å²) in [4.78, 5) is 14.6. The number of benzene rings is 1. The molecule has 1 aromatic heterocycles. The Labute approximate surface area is 137 Å². The number of carbonyl (C=O) groups excluding carboxylic acids is 1. The van der Waals surface area contributed by atoms with E-state index in [2.05, 4.69) is 25.9 Å². The van der Waals surface area contributed by atoms with Gasteiger partial charge in [-0.3, -0.25) is 9.48 Å². The molecule has 0 saturated heterocycles. The zero-order valence-corrected chi connectivity index (χ0v) is 14.4. The highest BCUT2D eigenvalue weighted by Gasteiger charge is 2.18. The molecule has 4 nitrogen and oxygen atoms in total. The lowest BCUT2D eigenvalue weighted by Gasteiger charge is -2.12. The van der Waals surface area contributed by atoms with Crippen molar-refractivity contribution >= 4 is 33.3 Å². The fraction of sp³-hybridized carbons (Fsp3) is 0.333. The van der Waals surface area contributed by atoms with Gasteiger partial charge in [0.25, 0.3) is 0 Å². The highest BCUT2D eigenvalue weighted by molar-refractivity contribution is 9.10. The fourth-order valence-electron chi connectivity index (χ4n) is 2.00. The van der Waals surface area contributed by atoms with Gasteiger partial charge in [-0.1, -0.05) is 29.8 Å². The first kappa shape index (κ1) is 16.2. The number of nitrogens with zero attached hydrogens (tertiary/aromatic N) is 3. The number of aromatic nitrogens is 2. The Morgan fingerprint density at radius 3 is 2.76 bits per heavy atom. The van der Waals surface area contributed by atoms with Crippen LogP contribution in [0.2, 0.25) is 5.02 Å². The summed E-state index contributed by atoms with van der Waals surface area (Å²) in [6, 6.07) is 7.40. The van der Waals surface area contributed by atoms with Gasteiger partial charge in [-0.05, 0) is 41.7 Å². The molecule has 0 bridgehead atoms. The third kappa shape index (κ3) is 4.15. The average molecular weight is 371 g/mol. The van der Waals surface area contributed by atoms with Crippen molar-refractivity contribution in [3.63, 3.8) is 0 Å². The van der Waals surface area contributed by atoms with Crippen LogP contribution in [0.4, 0.5) is 0 Å². The lowest BCUT2D eigenvalue weighted by Crippen LogP contribution is -2.22. The number of ketones is 1. The smallest absolute Gasteiger partial charge is 0.186 e. The van der Waals surface area contributed by atoms with Crippen LogP contribution in [-0.4, -0.2) is 41.1 Å². The van der Waals surface area contributed by atoms with Crippen molar-refractivity contribution in [1.82, 2.24) is 14.7 Å². The number of hydrogen-bond donors (Lipinski definition) is 0. The summed E-state index contributed by atoms with van der Waals surface area (Å²) in [7, 11) is 3.98. The van der Waals surface area contributed by atoms with Crippen molar-refractivity contribution in [1.29, 1.82) is 0 Å². The number of rotatable bonds is 6. The zero-order chi connectivity index (χ0) is 15.4. The van der Waals surface area contributed by atoms with Crippen LogP contribution in [0.5, 0.6) is 0 Å². The van der Waals surface area contributed by atoms with Gasteiger partial charge in [0.1, 0.15) is 5.69 Å². The lowest BCUT2D eigenvalue weighted by molar-refractivity contribution is 0.0981. The van der Waals surface area contributed by atoms with Crippen molar-refractivity contribution in [3.05, 3.63) is 51.2 Å². The van der Waals surface area contributed by atoms with E-state index >= 15 is 0 Å². The predicted octanol–water partition coefficient (Wildman–Crippen LogP) is 3.29.